The third-order valence-corrected chi connectivity index (χ3v) is 6.28. The number of rotatable bonds is 2. The van der Waals surface area contributed by atoms with Gasteiger partial charge in [-0.05, 0) is 0 Å². The van der Waals surface area contributed by atoms with Crippen LogP contribution in [0, 0.1) is 0 Å². The van der Waals surface area contributed by atoms with Gasteiger partial charge < -0.3 is 0 Å². The number of hydrogen-bond acceptors (Lipinski definition) is 4. The molecule has 0 saturated heterocycles. The summed E-state index contributed by atoms with van der Waals surface area (Å²) in [6, 6.07) is 17.5. The average molecular weight is 392 g/mol. The van der Waals surface area contributed by atoms with E-state index in [4.69, 9.17) is 0 Å². The molecule has 0 aliphatic heterocycles. The molecule has 0 bridgehead atoms. The van der Waals surface area contributed by atoms with Crippen LogP contribution < -0.4 is 5.56 Å². The van der Waals surface area contributed by atoms with Gasteiger partial charge in [-0.25, -0.2) is 0 Å². The Bertz CT molecular complexity index is 1270. The first-order chi connectivity index (χ1) is 12.3. The summed E-state index contributed by atoms with van der Waals surface area (Å²) in [5.41, 5.74) is 1.60. The molecule has 0 saturated carbocycles. The topological polar surface area (TPSA) is 65.6 Å². The fraction of sp³-hybridized carbons (Fsp3) is 0. The van der Waals surface area contributed by atoms with Gasteiger partial charge in [0.2, 0.25) is 0 Å². The minimum atomic E-state index is -0.135. The molecule has 3 heterocycles. The molecule has 0 aliphatic carbocycles. The predicted octanol–water partition coefficient (Wildman–Crippen LogP) is 2.18. The first kappa shape index (κ1) is 14.3. The number of para-hydroxylation sites is 1. The van der Waals surface area contributed by atoms with Gasteiger partial charge in [0.1, 0.15) is 0 Å². The first-order valence-corrected chi connectivity index (χ1v) is 9.31. The fourth-order valence-electron chi connectivity index (χ4n) is 2.86. The zero-order valence-corrected chi connectivity index (χ0v) is 14.6. The molecule has 7 heteroatoms. The van der Waals surface area contributed by atoms with Gasteiger partial charge >= 0.3 is 148 Å². The molecule has 6 nitrogen and oxygen atoms in total. The molecule has 0 radical (unpaired) electrons. The number of nitrogens with zero attached hydrogens (tertiary/aromatic N) is 5. The van der Waals surface area contributed by atoms with Gasteiger partial charge in [0, 0.05) is 0 Å². The van der Waals surface area contributed by atoms with Crippen molar-refractivity contribution in [1.29, 1.82) is 0 Å². The third-order valence-electron chi connectivity index (χ3n) is 4.03. The zero-order valence-electron chi connectivity index (χ0n) is 12.9. The molecule has 0 fully saturated rings. The van der Waals surface area contributed by atoms with Crippen LogP contribution in [0.3, 0.4) is 0 Å². The standard InChI is InChI=1S/C18H11N5OSe/c24-18-13-8-4-5-9-15(13)25-23(18)17-14-10-21-22(16(14)19-11-20-17)12-6-2-1-3-7-12/h1-11H. The second kappa shape index (κ2) is 5.51. The minimum absolute atomic E-state index is 0.0111. The van der Waals surface area contributed by atoms with Crippen LogP contribution in [-0.4, -0.2) is 38.0 Å². The summed E-state index contributed by atoms with van der Waals surface area (Å²) in [6.45, 7) is 0. The zero-order chi connectivity index (χ0) is 16.8. The normalized spacial score (nSPS) is 11.4. The summed E-state index contributed by atoms with van der Waals surface area (Å²) in [5.74, 6) is 0.619. The van der Waals surface area contributed by atoms with Crippen LogP contribution in [0.5, 0.6) is 0 Å². The van der Waals surface area contributed by atoms with E-state index in [1.165, 1.54) is 6.33 Å². The molecule has 0 N–H and O–H groups in total. The van der Waals surface area contributed by atoms with Crippen molar-refractivity contribution in [3.8, 4) is 11.5 Å². The molecular formula is C18H11N5OSe. The molecular weight excluding hydrogens is 381 g/mol. The Balaban J connectivity index is 1.79. The van der Waals surface area contributed by atoms with E-state index >= 15 is 0 Å². The molecule has 3 aromatic heterocycles. The number of hydrogen-bond donors (Lipinski definition) is 0. The summed E-state index contributed by atoms with van der Waals surface area (Å²) < 4.78 is 4.59. The fourth-order valence-corrected chi connectivity index (χ4v) is 4.97. The van der Waals surface area contributed by atoms with E-state index in [9.17, 15) is 4.79 Å². The van der Waals surface area contributed by atoms with Crippen molar-refractivity contribution in [2.24, 2.45) is 0 Å². The van der Waals surface area contributed by atoms with E-state index in [-0.39, 0.29) is 20.3 Å². The summed E-state index contributed by atoms with van der Waals surface area (Å²) in [7, 11) is 0. The van der Waals surface area contributed by atoms with Crippen LogP contribution in [0.2, 0.25) is 0 Å². The molecule has 0 amide bonds. The Morgan fingerprint density at radius 3 is 2.52 bits per heavy atom. The molecule has 0 unspecified atom stereocenters. The van der Waals surface area contributed by atoms with Crippen LogP contribution >= 0.6 is 0 Å². The van der Waals surface area contributed by atoms with Crippen molar-refractivity contribution in [1.82, 2.24) is 23.3 Å². The summed E-state index contributed by atoms with van der Waals surface area (Å²) in [5, 5.41) is 5.98. The third kappa shape index (κ3) is 2.17. The number of fused-ring (bicyclic) bond motifs is 2. The second-order valence-electron chi connectivity index (χ2n) is 5.51. The molecule has 0 aliphatic rings. The second-order valence-corrected chi connectivity index (χ2v) is 7.59. The van der Waals surface area contributed by atoms with Gasteiger partial charge in [0.25, 0.3) is 0 Å². The van der Waals surface area contributed by atoms with Crippen LogP contribution in [0.15, 0.2) is 71.9 Å². The summed E-state index contributed by atoms with van der Waals surface area (Å²) in [4.78, 5) is 21.5. The molecule has 25 heavy (non-hydrogen) atoms. The molecule has 0 atom stereocenters. The quantitative estimate of drug-likeness (QED) is 0.432. The Morgan fingerprint density at radius 1 is 0.880 bits per heavy atom. The van der Waals surface area contributed by atoms with Crippen LogP contribution in [0.1, 0.15) is 0 Å². The Morgan fingerprint density at radius 2 is 1.68 bits per heavy atom. The molecule has 5 rings (SSSR count). The Kier molecular flexibility index (Phi) is 3.16. The number of benzene rings is 2. The van der Waals surface area contributed by atoms with E-state index in [2.05, 4.69) is 15.1 Å². The van der Waals surface area contributed by atoms with Gasteiger partial charge in [-0.1, -0.05) is 0 Å². The van der Waals surface area contributed by atoms with E-state index in [1.54, 1.807) is 14.4 Å². The van der Waals surface area contributed by atoms with Crippen LogP contribution in [-0.2, 0) is 0 Å². The van der Waals surface area contributed by atoms with Crippen molar-refractivity contribution in [2.45, 2.75) is 0 Å². The first-order valence-electron chi connectivity index (χ1n) is 7.68. The molecule has 5 aromatic rings. The van der Waals surface area contributed by atoms with Crippen molar-refractivity contribution in [3.05, 3.63) is 77.5 Å². The summed E-state index contributed by atoms with van der Waals surface area (Å²) >= 11 is -0.135. The Labute approximate surface area is 148 Å². The van der Waals surface area contributed by atoms with Crippen LogP contribution in [0.25, 0.3) is 32.2 Å². The SMILES string of the molecule is O=c1c2ccccc2[se]n1-c1ncnc2c1cnn2-c1ccccc1. The van der Waals surface area contributed by atoms with E-state index in [1.807, 2.05) is 54.6 Å². The van der Waals surface area contributed by atoms with Gasteiger partial charge in [0.15, 0.2) is 0 Å². The van der Waals surface area contributed by atoms with Gasteiger partial charge in [-0.2, -0.15) is 0 Å². The average Bonchev–Trinajstić information content (AvgIpc) is 3.24. The predicted molar refractivity (Wildman–Crippen MR) is 96.7 cm³/mol. The van der Waals surface area contributed by atoms with Crippen molar-refractivity contribution in [3.63, 3.8) is 0 Å². The molecule has 120 valence electrons. The van der Waals surface area contributed by atoms with Gasteiger partial charge in [-0.3, -0.25) is 0 Å². The van der Waals surface area contributed by atoms with Crippen molar-refractivity contribution >= 4 is 35.4 Å². The summed E-state index contributed by atoms with van der Waals surface area (Å²) in [6.07, 6.45) is 3.22. The number of aromatic nitrogens is 5. The van der Waals surface area contributed by atoms with Crippen molar-refractivity contribution < 1.29 is 0 Å². The van der Waals surface area contributed by atoms with Gasteiger partial charge in [0.05, 0.1) is 0 Å². The van der Waals surface area contributed by atoms with Crippen molar-refractivity contribution in [2.75, 3.05) is 0 Å². The van der Waals surface area contributed by atoms with E-state index in [0.717, 1.165) is 20.7 Å². The maximum atomic E-state index is 12.8. The monoisotopic (exact) mass is 393 g/mol. The van der Waals surface area contributed by atoms with E-state index < -0.39 is 0 Å². The molecule has 0 spiro atoms. The molecule has 2 aromatic carbocycles. The maximum absolute atomic E-state index is 12.8. The Hall–Kier alpha value is -3.02. The van der Waals surface area contributed by atoms with E-state index in [0.29, 0.717) is 11.5 Å². The van der Waals surface area contributed by atoms with Crippen LogP contribution in [0.4, 0.5) is 0 Å². The van der Waals surface area contributed by atoms with Gasteiger partial charge in [-0.15, -0.1) is 0 Å².